The van der Waals surface area contributed by atoms with E-state index in [0.717, 1.165) is 5.56 Å². The van der Waals surface area contributed by atoms with Gasteiger partial charge in [0.25, 0.3) is 0 Å². The van der Waals surface area contributed by atoms with Gasteiger partial charge < -0.3 is 15.2 Å². The largest absolute Gasteiger partial charge is 0.476 e. The van der Waals surface area contributed by atoms with Gasteiger partial charge >= 0.3 is 12.1 Å². The van der Waals surface area contributed by atoms with Crippen LogP contribution in [-0.2, 0) is 16.0 Å². The van der Waals surface area contributed by atoms with Crippen molar-refractivity contribution in [1.29, 1.82) is 0 Å². The van der Waals surface area contributed by atoms with E-state index in [1.807, 2.05) is 30.3 Å². The molecule has 14 heteroatoms. The number of aromatic nitrogens is 2. The first-order chi connectivity index (χ1) is 21.8. The lowest BCUT2D eigenvalue weighted by Crippen LogP contribution is -2.37. The molecule has 4 aromatic rings. The number of carboxylic acid groups (broad SMARTS) is 1. The van der Waals surface area contributed by atoms with Crippen molar-refractivity contribution in [2.24, 2.45) is 5.10 Å². The van der Waals surface area contributed by atoms with Crippen molar-refractivity contribution in [3.8, 4) is 11.1 Å². The fourth-order valence-electron chi connectivity index (χ4n) is 4.52. The normalized spacial score (nSPS) is 12.9. The Morgan fingerprint density at radius 1 is 1.04 bits per heavy atom. The molecule has 0 bridgehead atoms. The molecule has 1 atom stereocenters. The Balaban J connectivity index is 1.45. The lowest BCUT2D eigenvalue weighted by Gasteiger charge is -2.19. The van der Waals surface area contributed by atoms with E-state index in [2.05, 4.69) is 41.7 Å². The summed E-state index contributed by atoms with van der Waals surface area (Å²) in [5, 5.41) is 29.6. The maximum atomic E-state index is 13.3. The summed E-state index contributed by atoms with van der Waals surface area (Å²) in [5.41, 5.74) is 9.09. The number of nitrogens with one attached hydrogen (secondary N) is 4. The molecule has 13 nitrogen and oxygen atoms in total. The zero-order chi connectivity index (χ0) is 31.8. The van der Waals surface area contributed by atoms with Crippen molar-refractivity contribution >= 4 is 53.4 Å². The van der Waals surface area contributed by atoms with E-state index in [-0.39, 0.29) is 11.3 Å². The molecule has 2 heterocycles. The summed E-state index contributed by atoms with van der Waals surface area (Å²) in [5.74, 6) is -1.69. The number of anilines is 2. The number of carbonyl (C=O) groups excluding carboxylic acids is 2. The number of nitrogens with zero attached hydrogens (tertiary/aromatic N) is 4. The van der Waals surface area contributed by atoms with Crippen LogP contribution >= 0.6 is 11.6 Å². The molecule has 5 rings (SSSR count). The highest BCUT2D eigenvalue weighted by Gasteiger charge is 2.22. The number of methoxy groups -OCH3 is 1. The van der Waals surface area contributed by atoms with Gasteiger partial charge in [0.15, 0.2) is 5.69 Å². The Morgan fingerprint density at radius 3 is 2.51 bits per heavy atom. The van der Waals surface area contributed by atoms with Crippen LogP contribution in [0.1, 0.15) is 33.4 Å². The van der Waals surface area contributed by atoms with Gasteiger partial charge in [0.05, 0.1) is 24.5 Å². The van der Waals surface area contributed by atoms with E-state index >= 15 is 0 Å². The minimum Gasteiger partial charge on any atom is -0.476 e. The molecule has 0 saturated carbocycles. The molecule has 0 fully saturated rings. The maximum Gasteiger partial charge on any atom is 0.411 e. The molecule has 0 unspecified atom stereocenters. The molecule has 1 aromatic heterocycles. The number of halogens is 1. The van der Waals surface area contributed by atoms with E-state index in [1.54, 1.807) is 59.6 Å². The summed E-state index contributed by atoms with van der Waals surface area (Å²) < 4.78 is 4.62. The highest BCUT2D eigenvalue weighted by Crippen LogP contribution is 2.28. The zero-order valence-corrected chi connectivity index (χ0v) is 24.5. The topological polar surface area (TPSA) is 170 Å². The summed E-state index contributed by atoms with van der Waals surface area (Å²) in [6.07, 6.45) is 4.25. The number of aromatic carboxylic acids is 1. The number of amides is 2. The first-order valence-corrected chi connectivity index (χ1v) is 13.9. The van der Waals surface area contributed by atoms with Gasteiger partial charge in [-0.05, 0) is 60.0 Å². The molecule has 0 aliphatic carbocycles. The van der Waals surface area contributed by atoms with Crippen LogP contribution in [0.3, 0.4) is 0 Å². The Labute approximate surface area is 262 Å². The van der Waals surface area contributed by atoms with Crippen LogP contribution in [0.25, 0.3) is 17.2 Å². The molecule has 0 spiro atoms. The van der Waals surface area contributed by atoms with Gasteiger partial charge in [0.2, 0.25) is 5.91 Å². The lowest BCUT2D eigenvalue weighted by atomic mass is 9.98. The van der Waals surface area contributed by atoms with Crippen LogP contribution in [0.15, 0.2) is 90.0 Å². The van der Waals surface area contributed by atoms with E-state index < -0.39 is 24.0 Å². The Morgan fingerprint density at radius 2 is 1.82 bits per heavy atom. The average molecular weight is 627 g/mol. The molecule has 2 amide bonds. The highest BCUT2D eigenvalue weighted by molar-refractivity contribution is 6.30. The van der Waals surface area contributed by atoms with Crippen molar-refractivity contribution < 1.29 is 24.2 Å². The molecule has 45 heavy (non-hydrogen) atoms. The van der Waals surface area contributed by atoms with Crippen LogP contribution in [0.2, 0.25) is 5.02 Å². The van der Waals surface area contributed by atoms with E-state index in [9.17, 15) is 19.5 Å². The van der Waals surface area contributed by atoms with Crippen molar-refractivity contribution in [3.63, 3.8) is 0 Å². The fraction of sp³-hybridized carbons (Fsp3) is 0.0968. The first-order valence-electron chi connectivity index (χ1n) is 13.5. The van der Waals surface area contributed by atoms with Crippen LogP contribution in [-0.4, -0.2) is 46.7 Å². The number of hydrogen-bond donors (Lipinski definition) is 5. The average Bonchev–Trinajstić information content (AvgIpc) is 3.59. The third-order valence-corrected chi connectivity index (χ3v) is 6.91. The standard InChI is InChI=1S/C31H27ClN8O5/c1-45-31(44)34-23-11-7-20(8-12-23)24-17-26(36-37-29(24)30(42)43)25(15-19-5-3-2-4-6-19)35-28(41)14-9-21-16-22(32)10-13-27(21)40-18-33-38-39-40/h2-14,16-18,25,38-39H,15H2,1H3,(H,34,44)(H,35,41)(H,42,43)/b14-9+/t25-/m0/s1. The molecule has 1 aliphatic rings. The molecule has 3 aromatic carbocycles. The van der Waals surface area contributed by atoms with Crippen LogP contribution in [0.4, 0.5) is 16.2 Å². The van der Waals surface area contributed by atoms with Gasteiger partial charge in [-0.25, -0.2) is 20.1 Å². The van der Waals surface area contributed by atoms with Gasteiger partial charge in [-0.1, -0.05) is 54.1 Å². The van der Waals surface area contributed by atoms with Crippen molar-refractivity contribution in [2.75, 3.05) is 17.4 Å². The number of benzene rings is 3. The third-order valence-electron chi connectivity index (χ3n) is 6.67. The van der Waals surface area contributed by atoms with Crippen LogP contribution in [0, 0.1) is 0 Å². The Hall–Kier alpha value is -5.79. The second-order valence-corrected chi connectivity index (χ2v) is 10.1. The Kier molecular flexibility index (Phi) is 9.62. The van der Waals surface area contributed by atoms with Crippen LogP contribution in [0.5, 0.6) is 0 Å². The molecule has 0 radical (unpaired) electrons. The molecular formula is C31H27ClN8O5. The fourth-order valence-corrected chi connectivity index (χ4v) is 4.70. The van der Waals surface area contributed by atoms with Crippen molar-refractivity contribution in [2.45, 2.75) is 12.5 Å². The van der Waals surface area contributed by atoms with Gasteiger partial charge in [-0.3, -0.25) is 10.1 Å². The number of hydrazine groups is 2. The number of hydrazone groups is 1. The third kappa shape index (κ3) is 7.79. The molecule has 5 N–H and O–H groups in total. The SMILES string of the molecule is COC(=O)Nc1ccc(-c2cc([C@H](Cc3ccccc3)NC(=O)/C=C/c3cc(Cl)ccc3N3C=NNN3)nnc2C(=O)O)cc1. The van der Waals surface area contributed by atoms with Crippen molar-refractivity contribution in [1.82, 2.24) is 26.6 Å². The number of ether oxygens (including phenoxy) is 1. The minimum atomic E-state index is -1.27. The number of carboxylic acids is 1. The molecule has 228 valence electrons. The maximum absolute atomic E-state index is 13.3. The second-order valence-electron chi connectivity index (χ2n) is 9.66. The highest BCUT2D eigenvalue weighted by atomic mass is 35.5. The lowest BCUT2D eigenvalue weighted by molar-refractivity contribution is -0.117. The molecule has 0 saturated heterocycles. The predicted molar refractivity (Wildman–Crippen MR) is 169 cm³/mol. The second kappa shape index (κ2) is 14.1. The summed E-state index contributed by atoms with van der Waals surface area (Å²) in [6, 6.07) is 22.1. The monoisotopic (exact) mass is 626 g/mol. The van der Waals surface area contributed by atoms with Gasteiger partial charge in [0, 0.05) is 27.9 Å². The minimum absolute atomic E-state index is 0.265. The number of carbonyl (C=O) groups is 3. The first kappa shape index (κ1) is 30.7. The van der Waals surface area contributed by atoms with E-state index in [4.69, 9.17) is 11.6 Å². The smallest absolute Gasteiger partial charge is 0.411 e. The van der Waals surface area contributed by atoms with Crippen molar-refractivity contribution in [3.05, 3.63) is 112 Å². The number of hydrogen-bond acceptors (Lipinski definition) is 10. The summed E-state index contributed by atoms with van der Waals surface area (Å²) in [6.45, 7) is 0. The van der Waals surface area contributed by atoms with Gasteiger partial charge in [-0.15, -0.1) is 10.6 Å². The van der Waals surface area contributed by atoms with E-state index in [1.165, 1.54) is 19.5 Å². The predicted octanol–water partition coefficient (Wildman–Crippen LogP) is 4.56. The van der Waals surface area contributed by atoms with Crippen LogP contribution < -0.4 is 26.7 Å². The zero-order valence-electron chi connectivity index (χ0n) is 23.8. The quantitative estimate of drug-likeness (QED) is 0.157. The molecular weight excluding hydrogens is 600 g/mol. The Bertz CT molecular complexity index is 1770. The number of rotatable bonds is 10. The van der Waals surface area contributed by atoms with Gasteiger partial charge in [0.1, 0.15) is 6.34 Å². The molecule has 1 aliphatic heterocycles. The van der Waals surface area contributed by atoms with Gasteiger partial charge in [-0.2, -0.15) is 10.2 Å². The summed E-state index contributed by atoms with van der Waals surface area (Å²) in [7, 11) is 1.25. The summed E-state index contributed by atoms with van der Waals surface area (Å²) in [4.78, 5) is 37.0. The van der Waals surface area contributed by atoms with E-state index in [0.29, 0.717) is 39.6 Å². The summed E-state index contributed by atoms with van der Waals surface area (Å²) >= 11 is 6.23.